The van der Waals surface area contributed by atoms with Gasteiger partial charge in [0.1, 0.15) is 22.6 Å². The predicted molar refractivity (Wildman–Crippen MR) is 323 cm³/mol. The largest absolute Gasteiger partial charge is 0.455 e. The Balaban J connectivity index is 1.06. The number of aromatic nitrogens is 3. The van der Waals surface area contributed by atoms with Crippen LogP contribution in [0.25, 0.3) is 100 Å². The van der Waals surface area contributed by atoms with Crippen molar-refractivity contribution < 1.29 is 13.6 Å². The zero-order chi connectivity index (χ0) is 52.1. The summed E-state index contributed by atoms with van der Waals surface area (Å²) in [5, 5.41) is 3.84. The molecule has 11 aromatic rings. The van der Waals surface area contributed by atoms with Gasteiger partial charge < -0.3 is 4.42 Å². The molecule has 14 rings (SSSR count). The average Bonchev–Trinajstić information content (AvgIpc) is 4.25. The number of hydrogen-bond donors (Lipinski definition) is 0. The number of fused-ring (bicyclic) bond motifs is 15. The van der Waals surface area contributed by atoms with E-state index >= 15 is 0 Å². The van der Waals surface area contributed by atoms with Crippen molar-refractivity contribution >= 4 is 51.9 Å². The number of hydrogen-bond acceptors (Lipinski definition) is 1. The van der Waals surface area contributed by atoms with Gasteiger partial charge in [-0.2, -0.15) is 13.7 Å². The molecule has 3 aliphatic rings. The molecule has 0 N–H and O–H groups in total. The summed E-state index contributed by atoms with van der Waals surface area (Å²) >= 11 is 0. The standard InChI is InChI=1S/C72H67N3OSi/c1-46(2)38-55-42-67-59-27-16-15-26-58(59)60-37-35-54-43-69-63(61-29-19-28-57(71(61)76-69)53-33-32-49-22-13-14-25-51(49)40-53)44-62(54)72-74(47(3)39-66(60)73(67)45-70(55)77(4,5)6)64-30-17-18-31-65(64)75(72)68-41-52(48-20-9-7-10-21-48)34-36-56(68)50-23-11-8-12-24-50/h7-12,15-21,23-24,26-34,36,40-46,60,66H,3,13-14,22,25,35,37-39H2,1-2,4-6H3/q+2. The summed E-state index contributed by atoms with van der Waals surface area (Å²) < 4.78 is 15.1. The van der Waals surface area contributed by atoms with Gasteiger partial charge in [-0.05, 0) is 143 Å². The molecular formula is C72H67N3OSi+2. The minimum atomic E-state index is -1.78. The SMILES string of the molecule is C=C1CC2C(CCc3cc4oc5c(-c6ccc7c(c6)CCCC7)cccc5c4cc3-c3n(-c4cc(-c5ccccc5)ccc4-c4ccccc4)c4ccccc4[n+]31)c1ccccc1-c1cc(CC(C)C)c([Si](C)(C)C)c[n+]12. The lowest BCUT2D eigenvalue weighted by Crippen LogP contribution is -2.54. The summed E-state index contributed by atoms with van der Waals surface area (Å²) in [6, 6.07) is 68.8. The van der Waals surface area contributed by atoms with E-state index in [1.165, 1.54) is 91.7 Å². The third kappa shape index (κ3) is 8.07. The summed E-state index contributed by atoms with van der Waals surface area (Å²) in [6.07, 6.45) is 11.1. The molecule has 3 aromatic heterocycles. The first-order valence-corrected chi connectivity index (χ1v) is 31.8. The van der Waals surface area contributed by atoms with Crippen LogP contribution in [-0.2, 0) is 25.7 Å². The molecule has 77 heavy (non-hydrogen) atoms. The molecule has 2 aliphatic heterocycles. The van der Waals surface area contributed by atoms with Crippen LogP contribution in [0.15, 0.2) is 199 Å². The zero-order valence-corrected chi connectivity index (χ0v) is 46.2. The van der Waals surface area contributed by atoms with Gasteiger partial charge in [0.2, 0.25) is 5.69 Å². The fourth-order valence-corrected chi connectivity index (χ4v) is 15.5. The van der Waals surface area contributed by atoms with Crippen molar-refractivity contribution in [3.05, 3.63) is 223 Å². The van der Waals surface area contributed by atoms with E-state index in [2.05, 4.69) is 235 Å². The monoisotopic (exact) mass is 1020 g/mol. The number of nitrogens with zero attached hydrogens (tertiary/aromatic N) is 3. The van der Waals surface area contributed by atoms with Gasteiger partial charge >= 0.3 is 0 Å². The van der Waals surface area contributed by atoms with Gasteiger partial charge in [-0.3, -0.25) is 0 Å². The average molecular weight is 1020 g/mol. The van der Waals surface area contributed by atoms with Gasteiger partial charge in [-0.15, -0.1) is 0 Å². The Kier molecular flexibility index (Phi) is 11.6. The van der Waals surface area contributed by atoms with Crippen molar-refractivity contribution in [3.63, 3.8) is 0 Å². The van der Waals surface area contributed by atoms with Crippen molar-refractivity contribution in [3.8, 4) is 61.7 Å². The summed E-state index contributed by atoms with van der Waals surface area (Å²) in [4.78, 5) is 0. The van der Waals surface area contributed by atoms with Crippen molar-refractivity contribution in [1.82, 2.24) is 4.57 Å². The lowest BCUT2D eigenvalue weighted by molar-refractivity contribution is -0.719. The number of aryl methyl sites for hydroxylation is 3. The maximum absolute atomic E-state index is 7.26. The zero-order valence-electron chi connectivity index (χ0n) is 45.2. The Hall–Kier alpha value is -7.86. The first-order chi connectivity index (χ1) is 37.6. The Morgan fingerprint density at radius 3 is 2.14 bits per heavy atom. The molecule has 0 saturated heterocycles. The maximum Gasteiger partial charge on any atom is 0.300 e. The highest BCUT2D eigenvalue weighted by Crippen LogP contribution is 2.48. The molecule has 0 radical (unpaired) electrons. The summed E-state index contributed by atoms with van der Waals surface area (Å²) in [5.74, 6) is 1.92. The highest BCUT2D eigenvalue weighted by molar-refractivity contribution is 6.89. The van der Waals surface area contributed by atoms with E-state index in [-0.39, 0.29) is 12.0 Å². The smallest absolute Gasteiger partial charge is 0.300 e. The fraction of sp³-hybridized carbons (Fsp3) is 0.222. The Morgan fingerprint density at radius 1 is 0.610 bits per heavy atom. The van der Waals surface area contributed by atoms with E-state index in [0.29, 0.717) is 5.92 Å². The molecule has 2 atom stereocenters. The molecule has 2 unspecified atom stereocenters. The van der Waals surface area contributed by atoms with Crippen LogP contribution in [0.1, 0.15) is 79.3 Å². The second-order valence-electron chi connectivity index (χ2n) is 23.9. The Labute approximate surface area is 454 Å². The second-order valence-corrected chi connectivity index (χ2v) is 28.9. The lowest BCUT2D eigenvalue weighted by atomic mass is 9.77. The van der Waals surface area contributed by atoms with Crippen molar-refractivity contribution in [2.24, 2.45) is 5.92 Å². The molecule has 4 nitrogen and oxygen atoms in total. The molecule has 5 heteroatoms. The lowest BCUT2D eigenvalue weighted by Gasteiger charge is -2.33. The van der Waals surface area contributed by atoms with Crippen LogP contribution >= 0.6 is 0 Å². The summed E-state index contributed by atoms with van der Waals surface area (Å²) in [7, 11) is -1.78. The molecule has 5 heterocycles. The first kappa shape index (κ1) is 47.6. The van der Waals surface area contributed by atoms with Crippen LogP contribution in [0.5, 0.6) is 0 Å². The fourth-order valence-electron chi connectivity index (χ4n) is 13.9. The second kappa shape index (κ2) is 18.7. The molecule has 378 valence electrons. The predicted octanol–water partition coefficient (Wildman–Crippen LogP) is 17.2. The summed E-state index contributed by atoms with van der Waals surface area (Å²) in [6.45, 7) is 17.6. The van der Waals surface area contributed by atoms with Crippen LogP contribution < -0.4 is 14.3 Å². The number of pyridine rings is 1. The first-order valence-electron chi connectivity index (χ1n) is 28.3. The molecule has 8 aromatic carbocycles. The topological polar surface area (TPSA) is 25.8 Å². The van der Waals surface area contributed by atoms with Crippen LogP contribution in [0.3, 0.4) is 0 Å². The number of allylic oxidation sites excluding steroid dienone is 1. The van der Waals surface area contributed by atoms with E-state index in [1.54, 1.807) is 5.19 Å². The summed E-state index contributed by atoms with van der Waals surface area (Å²) in [5.41, 5.74) is 24.6. The van der Waals surface area contributed by atoms with E-state index in [4.69, 9.17) is 11.0 Å². The van der Waals surface area contributed by atoms with E-state index < -0.39 is 8.07 Å². The molecule has 0 amide bonds. The minimum absolute atomic E-state index is 0.134. The molecule has 0 saturated carbocycles. The molecule has 0 spiro atoms. The minimum Gasteiger partial charge on any atom is -0.455 e. The van der Waals surface area contributed by atoms with Gasteiger partial charge in [0.25, 0.3) is 5.82 Å². The van der Waals surface area contributed by atoms with Crippen molar-refractivity contribution in [2.45, 2.75) is 96.8 Å². The molecule has 1 aliphatic carbocycles. The maximum atomic E-state index is 7.26. The van der Waals surface area contributed by atoms with Gasteiger partial charge in [-0.25, -0.2) is 0 Å². The van der Waals surface area contributed by atoms with Crippen LogP contribution in [-0.4, -0.2) is 12.6 Å². The molecule has 0 fully saturated rings. The normalized spacial score (nSPS) is 16.2. The van der Waals surface area contributed by atoms with Gasteiger partial charge in [-0.1, -0.05) is 174 Å². The van der Waals surface area contributed by atoms with Crippen LogP contribution in [0.4, 0.5) is 0 Å². The van der Waals surface area contributed by atoms with E-state index in [9.17, 15) is 0 Å². The molecule has 0 bridgehead atoms. The van der Waals surface area contributed by atoms with Gasteiger partial charge in [0.15, 0.2) is 23.3 Å². The highest BCUT2D eigenvalue weighted by Gasteiger charge is 2.45. The third-order valence-corrected chi connectivity index (χ3v) is 19.5. The number of rotatable bonds is 7. The van der Waals surface area contributed by atoms with Crippen molar-refractivity contribution in [2.75, 3.05) is 0 Å². The quantitative estimate of drug-likeness (QED) is 0.115. The number of benzene rings is 8. The number of imidazole rings is 1. The van der Waals surface area contributed by atoms with E-state index in [0.717, 1.165) is 87.8 Å². The Bertz CT molecular complexity index is 4150. The van der Waals surface area contributed by atoms with Crippen LogP contribution in [0.2, 0.25) is 19.6 Å². The molecular weight excluding hydrogens is 951 g/mol. The highest BCUT2D eigenvalue weighted by atomic mass is 28.3. The number of para-hydroxylation sites is 3. The van der Waals surface area contributed by atoms with E-state index in [1.807, 2.05) is 0 Å². The number of furan rings is 1. The van der Waals surface area contributed by atoms with Crippen molar-refractivity contribution in [1.29, 1.82) is 0 Å². The van der Waals surface area contributed by atoms with Gasteiger partial charge in [0, 0.05) is 44.6 Å². The third-order valence-electron chi connectivity index (χ3n) is 17.4. The Morgan fingerprint density at radius 2 is 1.34 bits per heavy atom. The van der Waals surface area contributed by atoms with Gasteiger partial charge in [0.05, 0.1) is 20.1 Å². The van der Waals surface area contributed by atoms with Crippen LogP contribution in [0, 0.1) is 5.92 Å².